The molecule has 0 radical (unpaired) electrons. The highest BCUT2D eigenvalue weighted by atomic mass is 32.2. The Bertz CT molecular complexity index is 1090. The first-order chi connectivity index (χ1) is 15.7. The van der Waals surface area contributed by atoms with Crippen LogP contribution in [-0.4, -0.2) is 28.7 Å². The van der Waals surface area contributed by atoms with Gasteiger partial charge in [-0.15, -0.1) is 0 Å². The second kappa shape index (κ2) is 8.99. The van der Waals surface area contributed by atoms with Gasteiger partial charge in [0.25, 0.3) is 0 Å². The lowest BCUT2D eigenvalue weighted by Gasteiger charge is -2.46. The van der Waals surface area contributed by atoms with Gasteiger partial charge in [0, 0.05) is 11.6 Å². The van der Waals surface area contributed by atoms with Crippen molar-refractivity contribution in [1.29, 1.82) is 0 Å². The lowest BCUT2D eigenvalue weighted by molar-refractivity contribution is -0.137. The van der Waals surface area contributed by atoms with Crippen LogP contribution in [0.1, 0.15) is 50.3 Å². The van der Waals surface area contributed by atoms with Gasteiger partial charge in [-0.05, 0) is 61.6 Å². The molecule has 2 aromatic rings. The van der Waals surface area contributed by atoms with E-state index in [4.69, 9.17) is 9.73 Å². The molecule has 0 unspecified atom stereocenters. The number of carbonyl (C=O) groups is 1. The molecular formula is C27H28N2O2S. The summed E-state index contributed by atoms with van der Waals surface area (Å²) in [6.07, 6.45) is 5.67. The Morgan fingerprint density at radius 2 is 1.88 bits per heavy atom. The number of hydrogen-bond acceptors (Lipinski definition) is 5. The number of nitrogens with zero attached hydrogens (tertiary/aromatic N) is 2. The van der Waals surface area contributed by atoms with Crippen molar-refractivity contribution < 1.29 is 9.53 Å². The molecule has 0 saturated heterocycles. The number of thioether (sulfide) groups is 1. The van der Waals surface area contributed by atoms with Crippen LogP contribution < -0.4 is 0 Å². The summed E-state index contributed by atoms with van der Waals surface area (Å²) in [4.78, 5) is 20.9. The lowest BCUT2D eigenvalue weighted by atomic mass is 9.73. The van der Waals surface area contributed by atoms with Crippen molar-refractivity contribution in [3.8, 4) is 0 Å². The highest BCUT2D eigenvalue weighted by Crippen LogP contribution is 2.52. The molecule has 164 valence electrons. The number of aliphatic imine (C=N–C) groups is 1. The monoisotopic (exact) mass is 444 g/mol. The van der Waals surface area contributed by atoms with Crippen LogP contribution in [0.25, 0.3) is 6.08 Å². The van der Waals surface area contributed by atoms with Gasteiger partial charge in [0.1, 0.15) is 4.91 Å². The summed E-state index contributed by atoms with van der Waals surface area (Å²) in [6.45, 7) is 4.25. The fourth-order valence-corrected chi connectivity index (χ4v) is 6.26. The van der Waals surface area contributed by atoms with Gasteiger partial charge in [0.2, 0.25) is 0 Å². The molecule has 5 heteroatoms. The molecule has 0 bridgehead atoms. The molecule has 1 saturated carbocycles. The highest BCUT2D eigenvalue weighted by molar-refractivity contribution is 8.18. The second-order valence-electron chi connectivity index (χ2n) is 8.51. The molecule has 0 amide bonds. The Morgan fingerprint density at radius 3 is 2.59 bits per heavy atom. The van der Waals surface area contributed by atoms with E-state index in [9.17, 15) is 4.79 Å². The molecule has 3 atom stereocenters. The van der Waals surface area contributed by atoms with E-state index in [0.717, 1.165) is 30.1 Å². The van der Waals surface area contributed by atoms with Crippen LogP contribution in [0, 0.1) is 5.92 Å². The lowest BCUT2D eigenvalue weighted by Crippen LogP contribution is -2.45. The summed E-state index contributed by atoms with van der Waals surface area (Å²) >= 11 is 1.47. The zero-order chi connectivity index (χ0) is 22.1. The number of amidine groups is 1. The van der Waals surface area contributed by atoms with E-state index in [-0.39, 0.29) is 18.1 Å². The maximum Gasteiger partial charge on any atom is 0.346 e. The predicted molar refractivity (Wildman–Crippen MR) is 131 cm³/mol. The van der Waals surface area contributed by atoms with Gasteiger partial charge >= 0.3 is 5.97 Å². The van der Waals surface area contributed by atoms with Crippen molar-refractivity contribution in [2.24, 2.45) is 10.9 Å². The molecule has 5 rings (SSSR count). The zero-order valence-corrected chi connectivity index (χ0v) is 19.3. The molecule has 2 heterocycles. The Hall–Kier alpha value is -2.79. The van der Waals surface area contributed by atoms with Crippen molar-refractivity contribution >= 4 is 29.0 Å². The molecule has 1 aliphatic carbocycles. The minimum atomic E-state index is -0.248. The maximum absolute atomic E-state index is 12.7. The Balaban J connectivity index is 1.60. The summed E-state index contributed by atoms with van der Waals surface area (Å²) in [6, 6.07) is 21.5. The van der Waals surface area contributed by atoms with E-state index in [0.29, 0.717) is 17.4 Å². The third-order valence-corrected chi connectivity index (χ3v) is 7.72. The summed E-state index contributed by atoms with van der Waals surface area (Å²) < 4.78 is 5.35. The van der Waals surface area contributed by atoms with Gasteiger partial charge in [-0.2, -0.15) is 0 Å². The van der Waals surface area contributed by atoms with Crippen LogP contribution in [0.15, 0.2) is 81.8 Å². The van der Waals surface area contributed by atoms with Crippen LogP contribution in [0.5, 0.6) is 0 Å². The number of benzene rings is 2. The molecule has 32 heavy (non-hydrogen) atoms. The Kier molecular flexibility index (Phi) is 5.92. The number of rotatable bonds is 4. The Labute approximate surface area is 194 Å². The molecule has 0 aromatic heterocycles. The molecule has 2 aliphatic heterocycles. The summed E-state index contributed by atoms with van der Waals surface area (Å²) in [7, 11) is 0. The summed E-state index contributed by atoms with van der Waals surface area (Å²) in [5.74, 6) is 0.115. The SMILES string of the molecule is CCOC(=O)C1=C(C)N2C(=N[C@@H]3/C(=C\c4ccccc4)CCC[C@@H]3[C@H]2c2ccccc2)S1. The number of hydrogen-bond donors (Lipinski definition) is 0. The number of esters is 1. The van der Waals surface area contributed by atoms with Crippen molar-refractivity contribution in [1.82, 2.24) is 4.90 Å². The van der Waals surface area contributed by atoms with E-state index >= 15 is 0 Å². The first-order valence-electron chi connectivity index (χ1n) is 11.4. The van der Waals surface area contributed by atoms with Crippen molar-refractivity contribution in [3.63, 3.8) is 0 Å². The molecule has 1 fully saturated rings. The average molecular weight is 445 g/mol. The number of ether oxygens (including phenoxy) is 1. The quantitative estimate of drug-likeness (QED) is 0.527. The van der Waals surface area contributed by atoms with Gasteiger partial charge in [0.15, 0.2) is 5.17 Å². The molecule has 3 aliphatic rings. The maximum atomic E-state index is 12.7. The third-order valence-electron chi connectivity index (χ3n) is 6.56. The minimum absolute atomic E-state index is 0.127. The summed E-state index contributed by atoms with van der Waals surface area (Å²) in [5, 5.41) is 0.918. The standard InChI is InChI=1S/C27H28N2O2S/c1-3-31-26(30)25-18(2)29-24(20-13-8-5-9-14-20)22-16-10-15-21(23(22)28-27(29)32-25)17-19-11-6-4-7-12-19/h4-9,11-14,17,22-24H,3,10,15-16H2,1-2H3/b21-17-/t22-,23+,24+/m0/s1. The molecule has 4 nitrogen and oxygen atoms in total. The van der Waals surface area contributed by atoms with Gasteiger partial charge in [-0.3, -0.25) is 4.99 Å². The Morgan fingerprint density at radius 1 is 1.16 bits per heavy atom. The second-order valence-corrected chi connectivity index (χ2v) is 9.48. The van der Waals surface area contributed by atoms with Crippen molar-refractivity contribution in [2.45, 2.75) is 45.2 Å². The molecule has 0 spiro atoms. The van der Waals surface area contributed by atoms with Crippen LogP contribution >= 0.6 is 11.8 Å². The van der Waals surface area contributed by atoms with E-state index in [1.54, 1.807) is 0 Å². The first kappa shape index (κ1) is 21.1. The van der Waals surface area contributed by atoms with E-state index < -0.39 is 0 Å². The minimum Gasteiger partial charge on any atom is -0.462 e. The van der Waals surface area contributed by atoms with Crippen LogP contribution in [0.3, 0.4) is 0 Å². The zero-order valence-electron chi connectivity index (χ0n) is 18.5. The van der Waals surface area contributed by atoms with Crippen LogP contribution in [0.2, 0.25) is 0 Å². The first-order valence-corrected chi connectivity index (χ1v) is 12.2. The van der Waals surface area contributed by atoms with E-state index in [1.807, 2.05) is 13.8 Å². The fourth-order valence-electron chi connectivity index (χ4n) is 5.18. The molecular weight excluding hydrogens is 416 g/mol. The van der Waals surface area contributed by atoms with Gasteiger partial charge in [-0.25, -0.2) is 4.79 Å². The molecule has 0 N–H and O–H groups in total. The van der Waals surface area contributed by atoms with Crippen molar-refractivity contribution in [2.75, 3.05) is 6.61 Å². The number of carbonyl (C=O) groups excluding carboxylic acids is 1. The van der Waals surface area contributed by atoms with E-state index in [1.165, 1.54) is 28.5 Å². The van der Waals surface area contributed by atoms with Crippen LogP contribution in [-0.2, 0) is 9.53 Å². The fraction of sp³-hybridized carbons (Fsp3) is 0.333. The average Bonchev–Trinajstić information content (AvgIpc) is 3.15. The predicted octanol–water partition coefficient (Wildman–Crippen LogP) is 6.19. The number of allylic oxidation sites excluding steroid dienone is 1. The topological polar surface area (TPSA) is 41.9 Å². The third kappa shape index (κ3) is 3.79. The largest absolute Gasteiger partial charge is 0.462 e. The normalized spacial score (nSPS) is 25.9. The highest BCUT2D eigenvalue weighted by Gasteiger charge is 2.47. The van der Waals surface area contributed by atoms with Crippen molar-refractivity contribution in [3.05, 3.63) is 88.0 Å². The molecule has 2 aromatic carbocycles. The smallest absolute Gasteiger partial charge is 0.346 e. The number of fused-ring (bicyclic) bond motifs is 2. The van der Waals surface area contributed by atoms with E-state index in [2.05, 4.69) is 71.6 Å². The van der Waals surface area contributed by atoms with Gasteiger partial charge < -0.3 is 9.64 Å². The summed E-state index contributed by atoms with van der Waals surface area (Å²) in [5.41, 5.74) is 4.85. The van der Waals surface area contributed by atoms with Gasteiger partial charge in [0.05, 0.1) is 18.7 Å². The van der Waals surface area contributed by atoms with Crippen LogP contribution in [0.4, 0.5) is 0 Å². The van der Waals surface area contributed by atoms with Gasteiger partial charge in [-0.1, -0.05) is 66.7 Å².